The largest absolute Gasteiger partial charge is 0.497 e. The maximum Gasteiger partial charge on any atom is 0.243 e. The minimum atomic E-state index is -0.173. The second-order valence-corrected chi connectivity index (χ2v) is 6.00. The highest BCUT2D eigenvalue weighted by atomic mass is 32.1. The lowest BCUT2D eigenvalue weighted by Gasteiger charge is -2.20. The van der Waals surface area contributed by atoms with E-state index < -0.39 is 0 Å². The molecular weight excluding hydrogens is 300 g/mol. The van der Waals surface area contributed by atoms with Gasteiger partial charge in [0, 0.05) is 5.56 Å². The smallest absolute Gasteiger partial charge is 0.243 e. The van der Waals surface area contributed by atoms with Crippen LogP contribution < -0.4 is 10.1 Å². The predicted octanol–water partition coefficient (Wildman–Crippen LogP) is 2.49. The molecular formula is C15H20N4O2S. The van der Waals surface area contributed by atoms with Crippen molar-refractivity contribution in [2.75, 3.05) is 26.5 Å². The number of carbonyl (C=O) groups excluding carboxylic acids is 1. The van der Waals surface area contributed by atoms with Crippen LogP contribution in [0.5, 0.6) is 5.75 Å². The fourth-order valence-electron chi connectivity index (χ4n) is 2.10. The molecule has 2 aromatic rings. The zero-order chi connectivity index (χ0) is 16.1. The molecule has 6 nitrogen and oxygen atoms in total. The Kier molecular flexibility index (Phi) is 5.46. The molecule has 118 valence electrons. The van der Waals surface area contributed by atoms with Gasteiger partial charge in [0.25, 0.3) is 0 Å². The van der Waals surface area contributed by atoms with Crippen molar-refractivity contribution in [1.82, 2.24) is 15.1 Å². The number of ether oxygens (including phenoxy) is 1. The van der Waals surface area contributed by atoms with Gasteiger partial charge in [-0.2, -0.15) is 0 Å². The molecule has 0 saturated heterocycles. The van der Waals surface area contributed by atoms with Crippen LogP contribution >= 0.6 is 11.3 Å². The third kappa shape index (κ3) is 3.80. The summed E-state index contributed by atoms with van der Waals surface area (Å²) in [4.78, 5) is 14.1. The number of aromatic nitrogens is 2. The van der Waals surface area contributed by atoms with Gasteiger partial charge in [-0.15, -0.1) is 10.2 Å². The van der Waals surface area contributed by atoms with Gasteiger partial charge in [0.05, 0.1) is 13.2 Å². The Hall–Kier alpha value is -1.99. The standard InChI is InChI=1S/C15H20N4O2S/c1-5-12(19(2)3)13(20)16-15-18-17-14(22-15)10-6-8-11(21-4)9-7-10/h6-9,12H,5H2,1-4H3,(H,16,18,20). The molecule has 1 heterocycles. The van der Waals surface area contributed by atoms with Crippen molar-refractivity contribution < 1.29 is 9.53 Å². The second-order valence-electron chi connectivity index (χ2n) is 5.02. The Labute approximate surface area is 134 Å². The van der Waals surface area contributed by atoms with Crippen LogP contribution in [0.3, 0.4) is 0 Å². The van der Waals surface area contributed by atoms with E-state index in [9.17, 15) is 4.79 Å². The first kappa shape index (κ1) is 16.4. The molecule has 0 aliphatic heterocycles. The Morgan fingerprint density at radius 3 is 2.55 bits per heavy atom. The van der Waals surface area contributed by atoms with E-state index in [1.54, 1.807) is 7.11 Å². The number of nitrogens with one attached hydrogen (secondary N) is 1. The van der Waals surface area contributed by atoms with Crippen molar-refractivity contribution in [2.45, 2.75) is 19.4 Å². The van der Waals surface area contributed by atoms with E-state index in [0.29, 0.717) is 5.13 Å². The molecule has 1 unspecified atom stereocenters. The summed E-state index contributed by atoms with van der Waals surface area (Å²) in [5.74, 6) is 0.725. The number of hydrogen-bond donors (Lipinski definition) is 1. The average molecular weight is 320 g/mol. The quantitative estimate of drug-likeness (QED) is 0.886. The predicted molar refractivity (Wildman–Crippen MR) is 88.3 cm³/mol. The number of likely N-dealkylation sites (N-methyl/N-ethyl adjacent to an activating group) is 1. The van der Waals surface area contributed by atoms with Crippen molar-refractivity contribution in [3.05, 3.63) is 24.3 Å². The minimum Gasteiger partial charge on any atom is -0.497 e. The fourth-order valence-corrected chi connectivity index (χ4v) is 2.85. The molecule has 7 heteroatoms. The number of rotatable bonds is 6. The fraction of sp³-hybridized carbons (Fsp3) is 0.400. The van der Waals surface area contributed by atoms with Gasteiger partial charge < -0.3 is 4.74 Å². The van der Waals surface area contributed by atoms with E-state index in [1.807, 2.05) is 50.2 Å². The summed E-state index contributed by atoms with van der Waals surface area (Å²) in [6.07, 6.45) is 0.739. The summed E-state index contributed by atoms with van der Waals surface area (Å²) in [5, 5.41) is 12.3. The topological polar surface area (TPSA) is 67.3 Å². The number of amides is 1. The maximum atomic E-state index is 12.2. The first-order valence-electron chi connectivity index (χ1n) is 7.00. The van der Waals surface area contributed by atoms with Crippen LogP contribution in [0.4, 0.5) is 5.13 Å². The summed E-state index contributed by atoms with van der Waals surface area (Å²) >= 11 is 1.35. The molecule has 1 aromatic carbocycles. The minimum absolute atomic E-state index is 0.0649. The van der Waals surface area contributed by atoms with Crippen molar-refractivity contribution in [1.29, 1.82) is 0 Å². The Morgan fingerprint density at radius 1 is 1.32 bits per heavy atom. The van der Waals surface area contributed by atoms with Crippen LogP contribution in [-0.2, 0) is 4.79 Å². The van der Waals surface area contributed by atoms with Crippen LogP contribution in [-0.4, -0.2) is 48.3 Å². The van der Waals surface area contributed by atoms with Crippen LogP contribution in [0.2, 0.25) is 0 Å². The van der Waals surface area contributed by atoms with E-state index in [0.717, 1.165) is 22.7 Å². The van der Waals surface area contributed by atoms with Gasteiger partial charge in [0.1, 0.15) is 10.8 Å². The van der Waals surface area contributed by atoms with Crippen molar-refractivity contribution >= 4 is 22.4 Å². The summed E-state index contributed by atoms with van der Waals surface area (Å²) in [5.41, 5.74) is 0.943. The van der Waals surface area contributed by atoms with E-state index in [1.165, 1.54) is 11.3 Å². The summed E-state index contributed by atoms with van der Waals surface area (Å²) in [7, 11) is 5.40. The number of methoxy groups -OCH3 is 1. The third-order valence-corrected chi connectivity index (χ3v) is 4.19. The highest BCUT2D eigenvalue weighted by molar-refractivity contribution is 7.18. The first-order chi connectivity index (χ1) is 10.5. The van der Waals surface area contributed by atoms with Crippen LogP contribution in [0.25, 0.3) is 10.6 Å². The number of carbonyl (C=O) groups is 1. The van der Waals surface area contributed by atoms with Gasteiger partial charge in [0.2, 0.25) is 11.0 Å². The molecule has 2 rings (SSSR count). The first-order valence-corrected chi connectivity index (χ1v) is 7.82. The van der Waals surface area contributed by atoms with Crippen molar-refractivity contribution in [3.8, 4) is 16.3 Å². The number of benzene rings is 1. The molecule has 0 saturated carbocycles. The monoisotopic (exact) mass is 320 g/mol. The molecule has 1 atom stereocenters. The van der Waals surface area contributed by atoms with Crippen LogP contribution in [0.15, 0.2) is 24.3 Å². The van der Waals surface area contributed by atoms with Gasteiger partial charge in [-0.05, 0) is 44.8 Å². The highest BCUT2D eigenvalue weighted by Gasteiger charge is 2.20. The van der Waals surface area contributed by atoms with Crippen molar-refractivity contribution in [2.24, 2.45) is 0 Å². The zero-order valence-electron chi connectivity index (χ0n) is 13.2. The average Bonchev–Trinajstić information content (AvgIpc) is 2.96. The molecule has 0 spiro atoms. The molecule has 0 fully saturated rings. The molecule has 0 radical (unpaired) electrons. The molecule has 1 amide bonds. The van der Waals surface area contributed by atoms with Gasteiger partial charge >= 0.3 is 0 Å². The molecule has 1 aromatic heterocycles. The molecule has 0 bridgehead atoms. The van der Waals surface area contributed by atoms with Crippen LogP contribution in [0, 0.1) is 0 Å². The Balaban J connectivity index is 2.09. The second kappa shape index (κ2) is 7.33. The summed E-state index contributed by atoms with van der Waals surface area (Å²) in [6, 6.07) is 7.40. The number of anilines is 1. The third-order valence-electron chi connectivity index (χ3n) is 3.30. The lowest BCUT2D eigenvalue weighted by Crippen LogP contribution is -2.39. The van der Waals surface area contributed by atoms with E-state index in [-0.39, 0.29) is 11.9 Å². The van der Waals surface area contributed by atoms with E-state index >= 15 is 0 Å². The maximum absolute atomic E-state index is 12.2. The Bertz CT molecular complexity index is 625. The molecule has 0 aliphatic carbocycles. The Morgan fingerprint density at radius 2 is 2.00 bits per heavy atom. The SMILES string of the molecule is CCC(C(=O)Nc1nnc(-c2ccc(OC)cc2)s1)N(C)C. The number of hydrogen-bond acceptors (Lipinski definition) is 6. The zero-order valence-corrected chi connectivity index (χ0v) is 14.0. The lowest BCUT2D eigenvalue weighted by atomic mass is 10.2. The molecule has 22 heavy (non-hydrogen) atoms. The molecule has 0 aliphatic rings. The highest BCUT2D eigenvalue weighted by Crippen LogP contribution is 2.27. The van der Waals surface area contributed by atoms with Gasteiger partial charge in [0.15, 0.2) is 0 Å². The normalized spacial score (nSPS) is 12.2. The van der Waals surface area contributed by atoms with Gasteiger partial charge in [-0.1, -0.05) is 18.3 Å². The van der Waals surface area contributed by atoms with Gasteiger partial charge in [-0.25, -0.2) is 0 Å². The van der Waals surface area contributed by atoms with Gasteiger partial charge in [-0.3, -0.25) is 15.0 Å². The van der Waals surface area contributed by atoms with Crippen molar-refractivity contribution in [3.63, 3.8) is 0 Å². The van der Waals surface area contributed by atoms with E-state index in [2.05, 4.69) is 15.5 Å². The van der Waals surface area contributed by atoms with Crippen LogP contribution in [0.1, 0.15) is 13.3 Å². The molecule has 1 N–H and O–H groups in total. The summed E-state index contributed by atoms with van der Waals surface area (Å²) in [6.45, 7) is 1.98. The number of nitrogens with zero attached hydrogens (tertiary/aromatic N) is 3. The van der Waals surface area contributed by atoms with E-state index in [4.69, 9.17) is 4.74 Å². The summed E-state index contributed by atoms with van der Waals surface area (Å²) < 4.78 is 5.13. The lowest BCUT2D eigenvalue weighted by molar-refractivity contribution is -0.120.